The molecule has 17 heavy (non-hydrogen) atoms. The Labute approximate surface area is 101 Å². The van der Waals surface area contributed by atoms with Crippen molar-refractivity contribution in [2.24, 2.45) is 0 Å². The molecule has 0 unspecified atom stereocenters. The second-order valence-corrected chi connectivity index (χ2v) is 4.26. The fourth-order valence-corrected chi connectivity index (χ4v) is 2.20. The molecule has 0 spiro atoms. The van der Waals surface area contributed by atoms with Crippen molar-refractivity contribution < 1.29 is 4.99 Å². The van der Waals surface area contributed by atoms with E-state index in [2.05, 4.69) is 66.5 Å². The van der Waals surface area contributed by atoms with Crippen molar-refractivity contribution in [1.29, 1.82) is 0 Å². The van der Waals surface area contributed by atoms with Crippen molar-refractivity contribution in [3.05, 3.63) is 65.7 Å². The molecule has 0 radical (unpaired) electrons. The van der Waals surface area contributed by atoms with Gasteiger partial charge in [0.15, 0.2) is 5.71 Å². The smallest absolute Gasteiger partial charge is 0.208 e. The predicted molar refractivity (Wildman–Crippen MR) is 72.1 cm³/mol. The molecule has 2 aromatic carbocycles. The van der Waals surface area contributed by atoms with Gasteiger partial charge in [-0.25, -0.2) is 4.99 Å². The van der Waals surface area contributed by atoms with E-state index in [-0.39, 0.29) is 0 Å². The molecular formula is C16H14N+. The Morgan fingerprint density at radius 3 is 2.41 bits per heavy atom. The van der Waals surface area contributed by atoms with Gasteiger partial charge in [-0.3, -0.25) is 0 Å². The van der Waals surface area contributed by atoms with Crippen molar-refractivity contribution in [1.82, 2.24) is 0 Å². The van der Waals surface area contributed by atoms with Gasteiger partial charge in [0.05, 0.1) is 11.1 Å². The van der Waals surface area contributed by atoms with Crippen molar-refractivity contribution in [3.8, 4) is 0 Å². The molecule has 1 aliphatic heterocycles. The summed E-state index contributed by atoms with van der Waals surface area (Å²) < 4.78 is 0. The first-order valence-corrected chi connectivity index (χ1v) is 5.82. The summed E-state index contributed by atoms with van der Waals surface area (Å²) in [6.07, 6.45) is 2.23. The Morgan fingerprint density at radius 1 is 0.882 bits per heavy atom. The van der Waals surface area contributed by atoms with E-state index in [0.29, 0.717) is 0 Å². The summed E-state index contributed by atoms with van der Waals surface area (Å²) in [5.74, 6) is 0. The number of nitrogens with one attached hydrogen (secondary N) is 1. The van der Waals surface area contributed by atoms with Crippen LogP contribution in [0.25, 0.3) is 11.6 Å². The largest absolute Gasteiger partial charge is 0.211 e. The van der Waals surface area contributed by atoms with Gasteiger partial charge < -0.3 is 0 Å². The van der Waals surface area contributed by atoms with Crippen LogP contribution in [0, 0.1) is 0 Å². The molecule has 1 heteroatoms. The fraction of sp³-hybridized carbons (Fsp3) is 0.0625. The minimum absolute atomic E-state index is 1.20. The monoisotopic (exact) mass is 220 g/mol. The lowest BCUT2D eigenvalue weighted by Gasteiger charge is -1.97. The zero-order chi connectivity index (χ0) is 11.7. The normalized spacial score (nSPS) is 15.8. The molecule has 3 rings (SSSR count). The average molecular weight is 220 g/mol. The number of para-hydroxylation sites is 1. The summed E-state index contributed by atoms with van der Waals surface area (Å²) in [6.45, 7) is 2.12. The first kappa shape index (κ1) is 10.0. The molecule has 0 saturated carbocycles. The highest BCUT2D eigenvalue weighted by molar-refractivity contribution is 6.27. The maximum absolute atomic E-state index is 3.42. The standard InChI is InChI=1S/C16H13N/c1-12-15(11-13-7-3-2-4-8-13)14-9-5-6-10-16(14)17-12/h2-11H,1H3/p+1/b15-11+. The summed E-state index contributed by atoms with van der Waals surface area (Å²) in [7, 11) is 0. The second-order valence-electron chi connectivity index (χ2n) is 4.26. The fourth-order valence-electron chi connectivity index (χ4n) is 2.20. The lowest BCUT2D eigenvalue weighted by atomic mass is 10.0. The SMILES string of the molecule is CC1=[NH+]c2ccccc2/C1=C/c1ccccc1. The van der Waals surface area contributed by atoms with Crippen molar-refractivity contribution >= 4 is 23.0 Å². The molecule has 0 aliphatic carbocycles. The molecule has 82 valence electrons. The quantitative estimate of drug-likeness (QED) is 0.758. The predicted octanol–water partition coefficient (Wildman–Crippen LogP) is 2.41. The molecule has 2 aromatic rings. The van der Waals surface area contributed by atoms with E-state index in [1.807, 2.05) is 6.07 Å². The van der Waals surface area contributed by atoms with Crippen molar-refractivity contribution in [2.45, 2.75) is 6.92 Å². The van der Waals surface area contributed by atoms with Gasteiger partial charge in [-0.05, 0) is 17.7 Å². The van der Waals surface area contributed by atoms with E-state index in [4.69, 9.17) is 0 Å². The molecule has 0 aromatic heterocycles. The third kappa shape index (κ3) is 1.80. The van der Waals surface area contributed by atoms with Crippen LogP contribution in [-0.2, 0) is 0 Å². The molecule has 0 atom stereocenters. The maximum Gasteiger partial charge on any atom is 0.211 e. The minimum atomic E-state index is 1.20. The summed E-state index contributed by atoms with van der Waals surface area (Å²) in [6, 6.07) is 18.8. The summed E-state index contributed by atoms with van der Waals surface area (Å²) in [5.41, 5.74) is 6.23. The Kier molecular flexibility index (Phi) is 2.37. The van der Waals surface area contributed by atoms with Gasteiger partial charge in [0.1, 0.15) is 0 Å². The van der Waals surface area contributed by atoms with Gasteiger partial charge in [-0.15, -0.1) is 0 Å². The Bertz CT molecular complexity index is 606. The highest BCUT2D eigenvalue weighted by Gasteiger charge is 2.23. The van der Waals surface area contributed by atoms with Crippen LogP contribution in [-0.4, -0.2) is 5.71 Å². The Morgan fingerprint density at radius 2 is 1.59 bits per heavy atom. The lowest BCUT2D eigenvalue weighted by molar-refractivity contribution is -0.349. The first-order chi connectivity index (χ1) is 8.34. The molecule has 1 aliphatic rings. The van der Waals surface area contributed by atoms with Crippen LogP contribution < -0.4 is 4.99 Å². The van der Waals surface area contributed by atoms with Crippen molar-refractivity contribution in [2.75, 3.05) is 0 Å². The van der Waals surface area contributed by atoms with Gasteiger partial charge in [0, 0.05) is 13.0 Å². The number of fused-ring (bicyclic) bond motifs is 1. The summed E-state index contributed by atoms with van der Waals surface area (Å²) >= 11 is 0. The molecule has 1 heterocycles. The maximum atomic E-state index is 3.42. The first-order valence-electron chi connectivity index (χ1n) is 5.82. The second kappa shape index (κ2) is 4.02. The zero-order valence-electron chi connectivity index (χ0n) is 9.77. The highest BCUT2D eigenvalue weighted by atomic mass is 14.8. The van der Waals surface area contributed by atoms with Crippen LogP contribution in [0.15, 0.2) is 54.6 Å². The van der Waals surface area contributed by atoms with Crippen LogP contribution in [0.1, 0.15) is 18.1 Å². The van der Waals surface area contributed by atoms with Gasteiger partial charge in [-0.2, -0.15) is 0 Å². The van der Waals surface area contributed by atoms with Crippen LogP contribution in [0.2, 0.25) is 0 Å². The van der Waals surface area contributed by atoms with Gasteiger partial charge in [-0.1, -0.05) is 42.5 Å². The van der Waals surface area contributed by atoms with E-state index in [0.717, 1.165) is 0 Å². The summed E-state index contributed by atoms with van der Waals surface area (Å²) in [5, 5.41) is 0. The third-order valence-corrected chi connectivity index (χ3v) is 3.05. The average Bonchev–Trinajstić information content (AvgIpc) is 2.68. The third-order valence-electron chi connectivity index (χ3n) is 3.05. The molecule has 0 fully saturated rings. The highest BCUT2D eigenvalue weighted by Crippen LogP contribution is 2.26. The van der Waals surface area contributed by atoms with Gasteiger partial charge in [0.25, 0.3) is 0 Å². The number of allylic oxidation sites excluding steroid dienone is 1. The number of benzene rings is 2. The molecular weight excluding hydrogens is 206 g/mol. The van der Waals surface area contributed by atoms with Gasteiger partial charge in [0.2, 0.25) is 5.69 Å². The zero-order valence-corrected chi connectivity index (χ0v) is 9.77. The minimum Gasteiger partial charge on any atom is -0.208 e. The lowest BCUT2D eigenvalue weighted by Crippen LogP contribution is -2.62. The molecule has 0 saturated heterocycles. The summed E-state index contributed by atoms with van der Waals surface area (Å²) in [4.78, 5) is 3.42. The van der Waals surface area contributed by atoms with Crippen LogP contribution in [0.3, 0.4) is 0 Å². The Balaban J connectivity index is 2.11. The van der Waals surface area contributed by atoms with E-state index < -0.39 is 0 Å². The van der Waals surface area contributed by atoms with E-state index in [9.17, 15) is 0 Å². The van der Waals surface area contributed by atoms with Gasteiger partial charge >= 0.3 is 0 Å². The number of rotatable bonds is 1. The molecule has 1 N–H and O–H groups in total. The van der Waals surface area contributed by atoms with E-state index in [1.165, 1.54) is 28.1 Å². The number of hydrogen-bond acceptors (Lipinski definition) is 0. The van der Waals surface area contributed by atoms with Crippen LogP contribution >= 0.6 is 0 Å². The molecule has 0 bridgehead atoms. The van der Waals surface area contributed by atoms with Crippen molar-refractivity contribution in [3.63, 3.8) is 0 Å². The number of hydrogen-bond donors (Lipinski definition) is 1. The topological polar surface area (TPSA) is 14.0 Å². The van der Waals surface area contributed by atoms with E-state index in [1.54, 1.807) is 0 Å². The van der Waals surface area contributed by atoms with E-state index >= 15 is 0 Å². The molecule has 0 amide bonds. The van der Waals surface area contributed by atoms with Crippen LogP contribution in [0.4, 0.5) is 5.69 Å². The van der Waals surface area contributed by atoms with Crippen LogP contribution in [0.5, 0.6) is 0 Å². The Hall–Kier alpha value is -2.15. The molecule has 1 nitrogen and oxygen atoms in total.